The van der Waals surface area contributed by atoms with Gasteiger partial charge in [-0.1, -0.05) is 44.5 Å². The van der Waals surface area contributed by atoms with Gasteiger partial charge in [0.15, 0.2) is 0 Å². The molecule has 2 heterocycles. The number of rotatable bonds is 9. The Hall–Kier alpha value is -3.85. The Morgan fingerprint density at radius 2 is 1.68 bits per heavy atom. The number of methoxy groups -OCH3 is 2. The van der Waals surface area contributed by atoms with Crippen LogP contribution >= 0.6 is 11.9 Å². The van der Waals surface area contributed by atoms with E-state index in [0.29, 0.717) is 25.4 Å². The molecule has 44 heavy (non-hydrogen) atoms. The molecular formula is C35H43N3O5S. The fourth-order valence-corrected chi connectivity index (χ4v) is 6.98. The molecule has 0 bridgehead atoms. The van der Waals surface area contributed by atoms with Crippen LogP contribution < -0.4 is 23.8 Å². The van der Waals surface area contributed by atoms with Crippen LogP contribution in [0.1, 0.15) is 64.0 Å². The van der Waals surface area contributed by atoms with E-state index in [4.69, 9.17) is 14.2 Å². The number of para-hydroxylation sites is 1. The van der Waals surface area contributed by atoms with E-state index in [1.54, 1.807) is 21.1 Å². The molecule has 2 fully saturated rings. The minimum atomic E-state index is -0.523. The highest BCUT2D eigenvalue weighted by atomic mass is 32.2. The SMILES string of the molecule is CC.COc1ccc(CN2C(=O)C3(CCC3)c3cc(NSc4ccccc4OC)cc(OC4CCN(C(C)=O)CC4)c32)cc1. The molecule has 1 saturated heterocycles. The van der Waals surface area contributed by atoms with E-state index in [0.717, 1.165) is 71.0 Å². The average Bonchev–Trinajstić information content (AvgIpc) is 3.29. The Bertz CT molecular complexity index is 1470. The summed E-state index contributed by atoms with van der Waals surface area (Å²) in [5.41, 5.74) is 3.30. The van der Waals surface area contributed by atoms with Crippen molar-refractivity contribution in [2.45, 2.75) is 75.8 Å². The zero-order valence-corrected chi connectivity index (χ0v) is 27.2. The number of benzene rings is 3. The third kappa shape index (κ3) is 6.20. The van der Waals surface area contributed by atoms with Crippen LogP contribution in [-0.4, -0.2) is 50.1 Å². The van der Waals surface area contributed by atoms with Gasteiger partial charge in [-0.15, -0.1) is 0 Å². The van der Waals surface area contributed by atoms with Crippen molar-refractivity contribution in [3.8, 4) is 17.2 Å². The van der Waals surface area contributed by atoms with Crippen LogP contribution in [0.3, 0.4) is 0 Å². The lowest BCUT2D eigenvalue weighted by Gasteiger charge is -2.37. The zero-order chi connectivity index (χ0) is 31.3. The van der Waals surface area contributed by atoms with Crippen LogP contribution in [-0.2, 0) is 21.5 Å². The Morgan fingerprint density at radius 1 is 0.977 bits per heavy atom. The fraction of sp³-hybridized carbons (Fsp3) is 0.429. The smallest absolute Gasteiger partial charge is 0.238 e. The molecule has 3 aromatic rings. The highest BCUT2D eigenvalue weighted by Crippen LogP contribution is 2.57. The molecule has 2 aliphatic heterocycles. The molecule has 0 unspecified atom stereocenters. The lowest BCUT2D eigenvalue weighted by Crippen LogP contribution is -2.44. The van der Waals surface area contributed by atoms with E-state index >= 15 is 0 Å². The number of anilines is 2. The largest absolute Gasteiger partial charge is 0.497 e. The van der Waals surface area contributed by atoms with Gasteiger partial charge in [-0.25, -0.2) is 0 Å². The van der Waals surface area contributed by atoms with Crippen molar-refractivity contribution < 1.29 is 23.8 Å². The Morgan fingerprint density at radius 3 is 2.30 bits per heavy atom. The minimum Gasteiger partial charge on any atom is -0.497 e. The van der Waals surface area contributed by atoms with E-state index in [9.17, 15) is 9.59 Å². The average molecular weight is 618 g/mol. The van der Waals surface area contributed by atoms with Gasteiger partial charge in [-0.3, -0.25) is 9.59 Å². The van der Waals surface area contributed by atoms with Crippen molar-refractivity contribution in [3.63, 3.8) is 0 Å². The predicted octanol–water partition coefficient (Wildman–Crippen LogP) is 7.21. The highest BCUT2D eigenvalue weighted by molar-refractivity contribution is 8.00. The van der Waals surface area contributed by atoms with E-state index in [1.165, 1.54) is 11.9 Å². The number of ether oxygens (including phenoxy) is 3. The number of piperidine rings is 1. The summed E-state index contributed by atoms with van der Waals surface area (Å²) in [4.78, 5) is 30.9. The predicted molar refractivity (Wildman–Crippen MR) is 176 cm³/mol. The van der Waals surface area contributed by atoms with Gasteiger partial charge in [0.2, 0.25) is 11.8 Å². The van der Waals surface area contributed by atoms with Gasteiger partial charge in [0.05, 0.1) is 36.8 Å². The Labute approximate surface area is 265 Å². The van der Waals surface area contributed by atoms with Gasteiger partial charge in [0, 0.05) is 44.6 Å². The van der Waals surface area contributed by atoms with Crippen molar-refractivity contribution >= 4 is 35.1 Å². The van der Waals surface area contributed by atoms with Gasteiger partial charge in [0.25, 0.3) is 0 Å². The summed E-state index contributed by atoms with van der Waals surface area (Å²) < 4.78 is 21.1. The fourth-order valence-electron chi connectivity index (χ4n) is 6.24. The lowest BCUT2D eigenvalue weighted by molar-refractivity contribution is -0.130. The molecule has 3 aliphatic rings. The maximum atomic E-state index is 14.2. The number of amides is 2. The standard InChI is InChI=1S/C33H37N3O5S.C2H6/c1-22(37)35-17-13-26(14-18-35)41-29-20-24(34-42-30-8-5-4-7-28(30)40-3)19-27-31(29)36(32(38)33(27)15-6-16-33)21-23-9-11-25(39-2)12-10-23;1-2/h4-5,7-12,19-20,26,34H,6,13-18,21H2,1-3H3;1-2H3. The van der Waals surface area contributed by atoms with Gasteiger partial charge < -0.3 is 28.7 Å². The molecule has 1 spiro atoms. The summed E-state index contributed by atoms with van der Waals surface area (Å²) in [6.07, 6.45) is 4.14. The maximum Gasteiger partial charge on any atom is 0.238 e. The number of hydrogen-bond acceptors (Lipinski definition) is 7. The summed E-state index contributed by atoms with van der Waals surface area (Å²) in [5.74, 6) is 2.53. The zero-order valence-electron chi connectivity index (χ0n) is 26.4. The first-order valence-corrected chi connectivity index (χ1v) is 16.3. The second-order valence-corrected chi connectivity index (χ2v) is 12.1. The van der Waals surface area contributed by atoms with Crippen LogP contribution in [0, 0.1) is 0 Å². The van der Waals surface area contributed by atoms with Gasteiger partial charge >= 0.3 is 0 Å². The summed E-state index contributed by atoms with van der Waals surface area (Å²) in [5, 5.41) is 0. The molecule has 2 amide bonds. The van der Waals surface area contributed by atoms with Crippen LogP contribution in [0.2, 0.25) is 0 Å². The normalized spacial score (nSPS) is 16.9. The second-order valence-electron chi connectivity index (χ2n) is 11.2. The molecular weight excluding hydrogens is 574 g/mol. The quantitative estimate of drug-likeness (QED) is 0.254. The van der Waals surface area contributed by atoms with E-state index in [-0.39, 0.29) is 17.9 Å². The van der Waals surface area contributed by atoms with Crippen molar-refractivity contribution in [1.29, 1.82) is 0 Å². The molecule has 1 aliphatic carbocycles. The minimum absolute atomic E-state index is 0.0438. The number of fused-ring (bicyclic) bond motifs is 2. The van der Waals surface area contributed by atoms with Crippen molar-refractivity contribution in [3.05, 3.63) is 71.8 Å². The summed E-state index contributed by atoms with van der Waals surface area (Å²) in [6.45, 7) is 7.41. The van der Waals surface area contributed by atoms with Crippen molar-refractivity contribution in [1.82, 2.24) is 4.90 Å². The first kappa shape index (κ1) is 31.6. The van der Waals surface area contributed by atoms with Crippen LogP contribution in [0.25, 0.3) is 0 Å². The molecule has 6 rings (SSSR count). The first-order chi connectivity index (χ1) is 21.4. The number of likely N-dealkylation sites (tertiary alicyclic amines) is 1. The maximum absolute atomic E-state index is 14.2. The topological polar surface area (TPSA) is 80.3 Å². The number of nitrogens with one attached hydrogen (secondary N) is 1. The van der Waals surface area contributed by atoms with E-state index < -0.39 is 5.41 Å². The first-order valence-electron chi connectivity index (χ1n) is 15.5. The summed E-state index contributed by atoms with van der Waals surface area (Å²) >= 11 is 1.48. The lowest BCUT2D eigenvalue weighted by atomic mass is 9.65. The van der Waals surface area contributed by atoms with Crippen LogP contribution in [0.4, 0.5) is 11.4 Å². The van der Waals surface area contributed by atoms with Gasteiger partial charge in [-0.2, -0.15) is 0 Å². The molecule has 0 aromatic heterocycles. The third-order valence-electron chi connectivity index (χ3n) is 8.75. The molecule has 8 nitrogen and oxygen atoms in total. The Balaban J connectivity index is 0.00000188. The van der Waals surface area contributed by atoms with E-state index in [1.807, 2.05) is 78.2 Å². The number of nitrogens with zero attached hydrogens (tertiary/aromatic N) is 2. The summed E-state index contributed by atoms with van der Waals surface area (Å²) in [6, 6.07) is 19.9. The number of carbonyl (C=O) groups is 2. The molecule has 0 atom stereocenters. The molecule has 9 heteroatoms. The van der Waals surface area contributed by atoms with E-state index in [2.05, 4.69) is 10.8 Å². The van der Waals surface area contributed by atoms with Crippen molar-refractivity contribution in [2.75, 3.05) is 36.9 Å². The van der Waals surface area contributed by atoms with Crippen LogP contribution in [0.5, 0.6) is 17.2 Å². The van der Waals surface area contributed by atoms with Gasteiger partial charge in [-0.05, 0) is 66.2 Å². The molecule has 0 radical (unpaired) electrons. The summed E-state index contributed by atoms with van der Waals surface area (Å²) in [7, 11) is 3.32. The number of hydrogen-bond donors (Lipinski definition) is 1. The van der Waals surface area contributed by atoms with Crippen molar-refractivity contribution in [2.24, 2.45) is 0 Å². The monoisotopic (exact) mass is 617 g/mol. The van der Waals surface area contributed by atoms with Crippen LogP contribution in [0.15, 0.2) is 65.6 Å². The second kappa shape index (κ2) is 13.8. The third-order valence-corrected chi connectivity index (χ3v) is 9.65. The molecule has 1 N–H and O–H groups in total. The number of carbonyl (C=O) groups excluding carboxylic acids is 2. The molecule has 3 aromatic carbocycles. The van der Waals surface area contributed by atoms with Gasteiger partial charge in [0.1, 0.15) is 23.4 Å². The molecule has 234 valence electrons. The highest BCUT2D eigenvalue weighted by Gasteiger charge is 2.55. The Kier molecular flexibility index (Phi) is 9.93. The molecule has 1 saturated carbocycles.